The van der Waals surface area contributed by atoms with E-state index in [2.05, 4.69) is 0 Å². The molecule has 3 aromatic rings. The Hall–Kier alpha value is -1.44. The van der Waals surface area contributed by atoms with Crippen molar-refractivity contribution in [1.29, 1.82) is 0 Å². The molecular formula is C12H9ClO3P+. The van der Waals surface area contributed by atoms with Crippen LogP contribution < -0.4 is 16.5 Å². The standard InChI is InChI=1S/C12H9ClO3P/c13-17(10-4-1-7-14-10,11-5-2-8-15-11)12-6-3-9-16-12/h1-9H/q+1. The molecule has 0 saturated carbocycles. The van der Waals surface area contributed by atoms with E-state index in [0.29, 0.717) is 16.5 Å². The van der Waals surface area contributed by atoms with Crippen molar-refractivity contribution in [2.75, 3.05) is 0 Å². The highest BCUT2D eigenvalue weighted by Gasteiger charge is 2.54. The van der Waals surface area contributed by atoms with Gasteiger partial charge in [-0.1, -0.05) is 0 Å². The van der Waals surface area contributed by atoms with Gasteiger partial charge in [-0.05, 0) is 18.2 Å². The van der Waals surface area contributed by atoms with E-state index in [1.54, 1.807) is 37.0 Å². The van der Waals surface area contributed by atoms with E-state index >= 15 is 0 Å². The predicted octanol–water partition coefficient (Wildman–Crippen LogP) is 2.91. The SMILES string of the molecule is Cl[P+](c1ccco1)(c1ccco1)c1ccco1. The normalized spacial score (nSPS) is 11.8. The Bertz CT molecular complexity index is 485. The van der Waals surface area contributed by atoms with Crippen molar-refractivity contribution in [2.45, 2.75) is 0 Å². The number of hydrogen-bond acceptors (Lipinski definition) is 3. The zero-order chi connectivity index (χ0) is 11.7. The van der Waals surface area contributed by atoms with Crippen LogP contribution in [0.4, 0.5) is 0 Å². The second-order valence-electron chi connectivity index (χ2n) is 3.44. The van der Waals surface area contributed by atoms with Crippen molar-refractivity contribution < 1.29 is 13.3 Å². The van der Waals surface area contributed by atoms with Crippen LogP contribution >= 0.6 is 17.9 Å². The monoisotopic (exact) mass is 267 g/mol. The predicted molar refractivity (Wildman–Crippen MR) is 67.8 cm³/mol. The van der Waals surface area contributed by atoms with Crippen molar-refractivity contribution in [3.63, 3.8) is 0 Å². The van der Waals surface area contributed by atoms with Crippen molar-refractivity contribution in [1.82, 2.24) is 0 Å². The third kappa shape index (κ3) is 1.63. The first-order valence-electron chi connectivity index (χ1n) is 5.03. The third-order valence-electron chi connectivity index (χ3n) is 2.43. The van der Waals surface area contributed by atoms with E-state index in [4.69, 9.17) is 24.5 Å². The van der Waals surface area contributed by atoms with Crippen LogP contribution in [0.3, 0.4) is 0 Å². The summed E-state index contributed by atoms with van der Waals surface area (Å²) in [5.41, 5.74) is 2.01. The van der Waals surface area contributed by atoms with E-state index in [0.717, 1.165) is 0 Å². The first-order chi connectivity index (χ1) is 8.32. The van der Waals surface area contributed by atoms with Gasteiger partial charge >= 0.3 is 6.62 Å². The summed E-state index contributed by atoms with van der Waals surface area (Å²) < 4.78 is 16.3. The molecule has 17 heavy (non-hydrogen) atoms. The fraction of sp³-hybridized carbons (Fsp3) is 0. The third-order valence-corrected chi connectivity index (χ3v) is 6.51. The fourth-order valence-electron chi connectivity index (χ4n) is 1.66. The molecule has 0 unspecified atom stereocenters. The number of hydrogen-bond donors (Lipinski definition) is 0. The summed E-state index contributed by atoms with van der Waals surface area (Å²) in [6, 6.07) is 10.9. The molecule has 0 radical (unpaired) electrons. The minimum absolute atomic E-state index is 0.670. The zero-order valence-corrected chi connectivity index (χ0v) is 10.4. The van der Waals surface area contributed by atoms with Gasteiger partial charge in [-0.15, -0.1) is 0 Å². The Kier molecular flexibility index (Phi) is 2.58. The summed E-state index contributed by atoms with van der Waals surface area (Å²) in [6.07, 6.45) is 4.79. The highest BCUT2D eigenvalue weighted by Crippen LogP contribution is 2.60. The highest BCUT2D eigenvalue weighted by molar-refractivity contribution is 8.14. The van der Waals surface area contributed by atoms with E-state index in [1.165, 1.54) is 0 Å². The first kappa shape index (κ1) is 10.7. The second-order valence-corrected chi connectivity index (χ2v) is 7.46. The first-order valence-corrected chi connectivity index (χ1v) is 7.72. The Morgan fingerprint density at radius 2 is 1.06 bits per heavy atom. The Balaban J connectivity index is 2.21. The van der Waals surface area contributed by atoms with Crippen molar-refractivity contribution in [3.8, 4) is 0 Å². The van der Waals surface area contributed by atoms with E-state index in [9.17, 15) is 0 Å². The molecule has 0 aliphatic carbocycles. The number of rotatable bonds is 3. The second kappa shape index (κ2) is 4.10. The van der Waals surface area contributed by atoms with Gasteiger partial charge in [0.1, 0.15) is 11.2 Å². The minimum atomic E-state index is -2.41. The molecule has 0 bridgehead atoms. The number of halogens is 1. The van der Waals surface area contributed by atoms with Gasteiger partial charge in [-0.2, -0.15) is 0 Å². The van der Waals surface area contributed by atoms with E-state index in [-0.39, 0.29) is 0 Å². The molecule has 86 valence electrons. The Morgan fingerprint density at radius 3 is 1.29 bits per heavy atom. The van der Waals surface area contributed by atoms with Gasteiger partial charge in [-0.25, -0.2) is 0 Å². The van der Waals surface area contributed by atoms with Gasteiger partial charge in [0.05, 0.1) is 18.8 Å². The molecule has 3 heterocycles. The van der Waals surface area contributed by atoms with Gasteiger partial charge < -0.3 is 13.3 Å². The van der Waals surface area contributed by atoms with E-state index in [1.807, 2.05) is 18.2 Å². The van der Waals surface area contributed by atoms with Crippen molar-refractivity contribution >= 4 is 34.4 Å². The Labute approximate surface area is 103 Å². The summed E-state index contributed by atoms with van der Waals surface area (Å²) in [6.45, 7) is -2.41. The number of furan rings is 3. The summed E-state index contributed by atoms with van der Waals surface area (Å²) in [7, 11) is 0. The maximum absolute atomic E-state index is 6.77. The van der Waals surface area contributed by atoms with Crippen molar-refractivity contribution in [2.24, 2.45) is 0 Å². The van der Waals surface area contributed by atoms with Gasteiger partial charge in [-0.3, -0.25) is 0 Å². The smallest absolute Gasteiger partial charge is 0.321 e. The molecule has 0 aliphatic heterocycles. The Morgan fingerprint density at radius 1 is 0.706 bits per heavy atom. The zero-order valence-electron chi connectivity index (χ0n) is 8.75. The summed E-state index contributed by atoms with van der Waals surface area (Å²) in [5.74, 6) is 0. The molecular weight excluding hydrogens is 259 g/mol. The van der Waals surface area contributed by atoms with E-state index < -0.39 is 6.62 Å². The molecule has 3 nitrogen and oxygen atoms in total. The summed E-state index contributed by atoms with van der Waals surface area (Å²) in [4.78, 5) is 0. The molecule has 0 saturated heterocycles. The lowest BCUT2D eigenvalue weighted by Gasteiger charge is -2.08. The fourth-order valence-corrected chi connectivity index (χ4v) is 4.67. The van der Waals surface area contributed by atoms with Gasteiger partial charge in [0, 0.05) is 18.2 Å². The molecule has 0 amide bonds. The maximum Gasteiger partial charge on any atom is 0.321 e. The molecule has 0 aromatic carbocycles. The average molecular weight is 268 g/mol. The van der Waals surface area contributed by atoms with Gasteiger partial charge in [0.25, 0.3) is 16.5 Å². The van der Waals surface area contributed by atoms with Crippen LogP contribution in [0.25, 0.3) is 0 Å². The molecule has 3 rings (SSSR count). The average Bonchev–Trinajstić information content (AvgIpc) is 3.10. The highest BCUT2D eigenvalue weighted by atomic mass is 35.7. The lowest BCUT2D eigenvalue weighted by molar-refractivity contribution is 0.583. The maximum atomic E-state index is 6.77. The molecule has 3 aromatic heterocycles. The molecule has 0 atom stereocenters. The summed E-state index contributed by atoms with van der Waals surface area (Å²) in [5, 5.41) is 0. The molecule has 0 fully saturated rings. The quantitative estimate of drug-likeness (QED) is 0.685. The molecule has 5 heteroatoms. The lowest BCUT2D eigenvalue weighted by atomic mass is 10.7. The molecule has 0 N–H and O–H groups in total. The van der Waals surface area contributed by atoms with Crippen LogP contribution in [0.5, 0.6) is 0 Å². The minimum Gasteiger partial charge on any atom is -0.433 e. The van der Waals surface area contributed by atoms with Crippen LogP contribution in [0, 0.1) is 0 Å². The van der Waals surface area contributed by atoms with Crippen LogP contribution in [0.15, 0.2) is 68.4 Å². The molecule has 0 spiro atoms. The van der Waals surface area contributed by atoms with Crippen LogP contribution in [-0.4, -0.2) is 0 Å². The van der Waals surface area contributed by atoms with Crippen LogP contribution in [0.2, 0.25) is 0 Å². The van der Waals surface area contributed by atoms with Crippen LogP contribution in [-0.2, 0) is 0 Å². The topological polar surface area (TPSA) is 39.4 Å². The summed E-state index contributed by atoms with van der Waals surface area (Å²) >= 11 is 6.77. The largest absolute Gasteiger partial charge is 0.433 e. The van der Waals surface area contributed by atoms with Gasteiger partial charge in [0.15, 0.2) is 0 Å². The lowest BCUT2D eigenvalue weighted by Crippen LogP contribution is -2.24. The van der Waals surface area contributed by atoms with Crippen LogP contribution in [0.1, 0.15) is 0 Å². The van der Waals surface area contributed by atoms with Gasteiger partial charge in [0.2, 0.25) is 0 Å². The molecule has 0 aliphatic rings. The van der Waals surface area contributed by atoms with Crippen molar-refractivity contribution in [3.05, 3.63) is 55.2 Å².